The zero-order chi connectivity index (χ0) is 19.3. The number of benzene rings is 2. The van der Waals surface area contributed by atoms with Crippen LogP contribution in [0.4, 0.5) is 11.4 Å². The Kier molecular flexibility index (Phi) is 6.41. The molecule has 26 heavy (non-hydrogen) atoms. The molecule has 0 heterocycles. The highest BCUT2D eigenvalue weighted by Gasteiger charge is 2.22. The van der Waals surface area contributed by atoms with E-state index in [0.717, 1.165) is 6.07 Å². The van der Waals surface area contributed by atoms with Gasteiger partial charge in [0.1, 0.15) is 18.0 Å². The topological polar surface area (TPSA) is 102 Å². The summed E-state index contributed by atoms with van der Waals surface area (Å²) in [7, 11) is -0.850. The molecule has 0 saturated carbocycles. The smallest absolute Gasteiger partial charge is 0.293 e. The van der Waals surface area contributed by atoms with Crippen LogP contribution in [0.15, 0.2) is 47.4 Å². The molecule has 0 unspecified atom stereocenters. The summed E-state index contributed by atoms with van der Waals surface area (Å²) < 4.78 is 31.4. The van der Waals surface area contributed by atoms with Crippen molar-refractivity contribution in [2.75, 3.05) is 32.1 Å². The van der Waals surface area contributed by atoms with E-state index in [1.54, 1.807) is 36.2 Å². The number of nitro benzene ring substituents is 1. The average molecular weight is 400 g/mol. The molecule has 0 aliphatic carbocycles. The molecule has 0 amide bonds. The molecule has 0 aliphatic rings. The van der Waals surface area contributed by atoms with Gasteiger partial charge in [-0.25, -0.2) is 13.1 Å². The molecule has 140 valence electrons. The molecule has 2 rings (SSSR count). The van der Waals surface area contributed by atoms with Crippen LogP contribution in [0.3, 0.4) is 0 Å². The molecule has 0 aromatic heterocycles. The largest absolute Gasteiger partial charge is 0.492 e. The molecule has 2 aromatic carbocycles. The fourth-order valence-electron chi connectivity index (χ4n) is 2.21. The van der Waals surface area contributed by atoms with Gasteiger partial charge in [0.2, 0.25) is 10.0 Å². The maximum absolute atomic E-state index is 11.8. The van der Waals surface area contributed by atoms with Crippen molar-refractivity contribution in [3.63, 3.8) is 0 Å². The molecular formula is C16H18ClN3O5S. The summed E-state index contributed by atoms with van der Waals surface area (Å²) in [5.41, 5.74) is 0.0000714. The Hall–Kier alpha value is -2.36. The van der Waals surface area contributed by atoms with Gasteiger partial charge in [0.05, 0.1) is 16.4 Å². The van der Waals surface area contributed by atoms with E-state index < -0.39 is 14.9 Å². The Morgan fingerprint density at radius 3 is 2.46 bits per heavy atom. The molecule has 0 spiro atoms. The number of nitro groups is 1. The van der Waals surface area contributed by atoms with E-state index in [-0.39, 0.29) is 17.2 Å². The van der Waals surface area contributed by atoms with Gasteiger partial charge < -0.3 is 9.64 Å². The lowest BCUT2D eigenvalue weighted by Crippen LogP contribution is -2.25. The minimum Gasteiger partial charge on any atom is -0.492 e. The molecular weight excluding hydrogens is 382 g/mol. The first-order chi connectivity index (χ1) is 12.2. The van der Waals surface area contributed by atoms with Gasteiger partial charge in [-0.3, -0.25) is 10.1 Å². The second-order valence-electron chi connectivity index (χ2n) is 5.34. The Morgan fingerprint density at radius 2 is 1.88 bits per heavy atom. The van der Waals surface area contributed by atoms with Gasteiger partial charge in [0.15, 0.2) is 0 Å². The number of sulfonamides is 1. The molecule has 0 atom stereocenters. The molecule has 0 saturated heterocycles. The van der Waals surface area contributed by atoms with E-state index in [9.17, 15) is 18.5 Å². The molecule has 2 aromatic rings. The van der Waals surface area contributed by atoms with E-state index in [1.807, 2.05) is 0 Å². The number of rotatable bonds is 8. The Labute approximate surface area is 156 Å². The van der Waals surface area contributed by atoms with Crippen molar-refractivity contribution in [1.29, 1.82) is 0 Å². The number of hydrogen-bond acceptors (Lipinski definition) is 6. The summed E-state index contributed by atoms with van der Waals surface area (Å²) in [6, 6.07) is 10.6. The van der Waals surface area contributed by atoms with E-state index in [1.165, 1.54) is 19.2 Å². The van der Waals surface area contributed by atoms with Crippen LogP contribution in [0, 0.1) is 10.1 Å². The molecule has 8 nitrogen and oxygen atoms in total. The fourth-order valence-corrected chi connectivity index (χ4v) is 3.08. The number of ether oxygens (including phenoxy) is 1. The van der Waals surface area contributed by atoms with Crippen LogP contribution in [0.25, 0.3) is 0 Å². The highest BCUT2D eigenvalue weighted by molar-refractivity contribution is 7.89. The minimum absolute atomic E-state index is 0.165. The van der Waals surface area contributed by atoms with Crippen LogP contribution in [0.2, 0.25) is 5.02 Å². The summed E-state index contributed by atoms with van der Waals surface area (Å²) in [5, 5.41) is 11.9. The molecule has 0 fully saturated rings. The lowest BCUT2D eigenvalue weighted by atomic mass is 10.2. The van der Waals surface area contributed by atoms with Gasteiger partial charge in [0.25, 0.3) is 5.69 Å². The van der Waals surface area contributed by atoms with Crippen LogP contribution >= 0.6 is 11.6 Å². The first-order valence-corrected chi connectivity index (χ1v) is 9.42. The van der Waals surface area contributed by atoms with Crippen LogP contribution in [-0.2, 0) is 10.0 Å². The lowest BCUT2D eigenvalue weighted by molar-refractivity contribution is -0.384. The van der Waals surface area contributed by atoms with E-state index in [2.05, 4.69) is 4.72 Å². The van der Waals surface area contributed by atoms with Gasteiger partial charge in [-0.15, -0.1) is 0 Å². The molecule has 0 aliphatic heterocycles. The standard InChI is InChI=1S/C16H18ClN3O5S/c1-18-26(23,24)14-7-8-15(16(11-14)20(21)22)19(2)9-10-25-13-5-3-12(17)4-6-13/h3-8,11,18H,9-10H2,1-2H3. The maximum atomic E-state index is 11.8. The zero-order valence-corrected chi connectivity index (χ0v) is 15.7. The lowest BCUT2D eigenvalue weighted by Gasteiger charge is -2.19. The van der Waals surface area contributed by atoms with Crippen molar-refractivity contribution >= 4 is 33.0 Å². The third kappa shape index (κ3) is 4.84. The molecule has 0 bridgehead atoms. The quantitative estimate of drug-likeness (QED) is 0.540. The predicted octanol–water partition coefficient (Wildman–Crippen LogP) is 2.67. The van der Waals surface area contributed by atoms with Crippen molar-refractivity contribution in [2.45, 2.75) is 4.90 Å². The Morgan fingerprint density at radius 1 is 1.23 bits per heavy atom. The van der Waals surface area contributed by atoms with Crippen molar-refractivity contribution in [2.24, 2.45) is 0 Å². The van der Waals surface area contributed by atoms with Crippen LogP contribution < -0.4 is 14.4 Å². The summed E-state index contributed by atoms with van der Waals surface area (Å²) >= 11 is 5.80. The number of likely N-dealkylation sites (N-methyl/N-ethyl adjacent to an activating group) is 1. The molecule has 10 heteroatoms. The number of nitrogens with one attached hydrogen (secondary N) is 1. The van der Waals surface area contributed by atoms with Gasteiger partial charge in [-0.05, 0) is 43.4 Å². The first kappa shape index (κ1) is 20.0. The summed E-state index contributed by atoms with van der Waals surface area (Å²) in [6.07, 6.45) is 0. The number of anilines is 1. The molecule has 0 radical (unpaired) electrons. The fraction of sp³-hybridized carbons (Fsp3) is 0.250. The first-order valence-electron chi connectivity index (χ1n) is 7.56. The minimum atomic E-state index is -3.76. The number of halogens is 1. The van der Waals surface area contributed by atoms with Crippen molar-refractivity contribution in [3.05, 3.63) is 57.6 Å². The van der Waals surface area contributed by atoms with Gasteiger partial charge in [0, 0.05) is 18.1 Å². The van der Waals surface area contributed by atoms with Gasteiger partial charge >= 0.3 is 0 Å². The summed E-state index contributed by atoms with van der Waals surface area (Å²) in [6.45, 7) is 0.646. The summed E-state index contributed by atoms with van der Waals surface area (Å²) in [4.78, 5) is 12.2. The van der Waals surface area contributed by atoms with E-state index >= 15 is 0 Å². The predicted molar refractivity (Wildman–Crippen MR) is 99.6 cm³/mol. The monoisotopic (exact) mass is 399 g/mol. The summed E-state index contributed by atoms with van der Waals surface area (Å²) in [5.74, 6) is 0.632. The van der Waals surface area contributed by atoms with Gasteiger partial charge in [-0.2, -0.15) is 0 Å². The van der Waals surface area contributed by atoms with E-state index in [4.69, 9.17) is 16.3 Å². The second-order valence-corrected chi connectivity index (χ2v) is 7.66. The van der Waals surface area contributed by atoms with E-state index in [0.29, 0.717) is 23.0 Å². The van der Waals surface area contributed by atoms with Crippen LogP contribution in [-0.4, -0.2) is 40.6 Å². The average Bonchev–Trinajstić information content (AvgIpc) is 2.62. The normalized spacial score (nSPS) is 11.2. The number of nitrogens with zero attached hydrogens (tertiary/aromatic N) is 2. The van der Waals surface area contributed by atoms with Crippen LogP contribution in [0.1, 0.15) is 0 Å². The Balaban J connectivity index is 2.13. The van der Waals surface area contributed by atoms with Crippen LogP contribution in [0.5, 0.6) is 5.75 Å². The second kappa shape index (κ2) is 8.35. The van der Waals surface area contributed by atoms with Crippen molar-refractivity contribution in [1.82, 2.24) is 4.72 Å². The van der Waals surface area contributed by atoms with Gasteiger partial charge in [-0.1, -0.05) is 11.6 Å². The Bertz CT molecular complexity index is 887. The third-order valence-electron chi connectivity index (χ3n) is 3.64. The maximum Gasteiger partial charge on any atom is 0.293 e. The highest BCUT2D eigenvalue weighted by Crippen LogP contribution is 2.30. The number of hydrogen-bond donors (Lipinski definition) is 1. The molecule has 1 N–H and O–H groups in total. The zero-order valence-electron chi connectivity index (χ0n) is 14.2. The highest BCUT2D eigenvalue weighted by atomic mass is 35.5. The third-order valence-corrected chi connectivity index (χ3v) is 5.31. The SMILES string of the molecule is CNS(=O)(=O)c1ccc(N(C)CCOc2ccc(Cl)cc2)c([N+](=O)[O-])c1. The van der Waals surface area contributed by atoms with Crippen molar-refractivity contribution in [3.8, 4) is 5.75 Å². The van der Waals surface area contributed by atoms with Crippen molar-refractivity contribution < 1.29 is 18.1 Å².